The molecule has 110 valence electrons. The molecule has 2 rings (SSSR count). The average Bonchev–Trinajstić information content (AvgIpc) is 2.79. The molecule has 0 spiro atoms. The van der Waals surface area contributed by atoms with Gasteiger partial charge in [0.1, 0.15) is 0 Å². The van der Waals surface area contributed by atoms with Gasteiger partial charge in [-0.1, -0.05) is 51.1 Å². The third kappa shape index (κ3) is 2.88. The maximum Gasteiger partial charge on any atom is 0.240 e. The van der Waals surface area contributed by atoms with E-state index in [1.807, 2.05) is 31.7 Å². The molecule has 2 N–H and O–H groups in total. The fourth-order valence-electron chi connectivity index (χ4n) is 2.95. The van der Waals surface area contributed by atoms with Crippen LogP contribution in [0.2, 0.25) is 0 Å². The van der Waals surface area contributed by atoms with Gasteiger partial charge in [-0.25, -0.2) is 0 Å². The van der Waals surface area contributed by atoms with Crippen LogP contribution in [0, 0.1) is 5.41 Å². The van der Waals surface area contributed by atoms with Crippen LogP contribution >= 0.6 is 0 Å². The first kappa shape index (κ1) is 15.0. The summed E-state index contributed by atoms with van der Waals surface area (Å²) >= 11 is 0. The molecule has 20 heavy (non-hydrogen) atoms. The fraction of sp³-hybridized carbons (Fsp3) is 0.588. The molecule has 0 aromatic heterocycles. The second-order valence-electron chi connectivity index (χ2n) is 6.92. The van der Waals surface area contributed by atoms with Gasteiger partial charge in [0, 0.05) is 18.5 Å². The number of likely N-dealkylation sites (tertiary alicyclic amines) is 1. The molecule has 1 aromatic carbocycles. The predicted molar refractivity (Wildman–Crippen MR) is 82.4 cm³/mol. The van der Waals surface area contributed by atoms with Crippen molar-refractivity contribution in [3.8, 4) is 0 Å². The second-order valence-corrected chi connectivity index (χ2v) is 6.92. The lowest BCUT2D eigenvalue weighted by molar-refractivity contribution is -0.135. The zero-order valence-electron chi connectivity index (χ0n) is 13.0. The third-order valence-electron chi connectivity index (χ3n) is 4.46. The highest BCUT2D eigenvalue weighted by molar-refractivity contribution is 5.83. The summed E-state index contributed by atoms with van der Waals surface area (Å²) in [7, 11) is 0. The molecule has 1 saturated heterocycles. The Hall–Kier alpha value is -1.35. The molecule has 0 aliphatic carbocycles. The zero-order valence-corrected chi connectivity index (χ0v) is 13.0. The van der Waals surface area contributed by atoms with Gasteiger partial charge in [0.25, 0.3) is 0 Å². The third-order valence-corrected chi connectivity index (χ3v) is 4.46. The van der Waals surface area contributed by atoms with Crippen LogP contribution in [-0.4, -0.2) is 29.4 Å². The Morgan fingerprint density at radius 1 is 1.30 bits per heavy atom. The van der Waals surface area contributed by atoms with E-state index in [-0.39, 0.29) is 17.4 Å². The van der Waals surface area contributed by atoms with Crippen LogP contribution in [0.15, 0.2) is 30.3 Å². The molecule has 1 amide bonds. The Bertz CT molecular complexity index is 464. The van der Waals surface area contributed by atoms with Gasteiger partial charge in [-0.3, -0.25) is 4.79 Å². The van der Waals surface area contributed by atoms with E-state index in [1.54, 1.807) is 0 Å². The Balaban J connectivity index is 2.12. The number of nitrogens with zero attached hydrogens (tertiary/aromatic N) is 1. The van der Waals surface area contributed by atoms with Crippen molar-refractivity contribution in [3.63, 3.8) is 0 Å². The van der Waals surface area contributed by atoms with Crippen molar-refractivity contribution in [1.82, 2.24) is 4.90 Å². The molecular formula is C17H26N2O. The molecule has 1 fully saturated rings. The van der Waals surface area contributed by atoms with E-state index in [0.717, 1.165) is 13.0 Å². The Morgan fingerprint density at radius 3 is 2.45 bits per heavy atom. The summed E-state index contributed by atoms with van der Waals surface area (Å²) in [5.41, 5.74) is 7.26. The summed E-state index contributed by atoms with van der Waals surface area (Å²) in [5, 5.41) is 0. The van der Waals surface area contributed by atoms with Gasteiger partial charge < -0.3 is 10.6 Å². The lowest BCUT2D eigenvalue weighted by Gasteiger charge is -2.33. The molecule has 0 saturated carbocycles. The molecule has 2 unspecified atom stereocenters. The lowest BCUT2D eigenvalue weighted by Crippen LogP contribution is -2.51. The maximum atomic E-state index is 12.6. The van der Waals surface area contributed by atoms with Crippen molar-refractivity contribution < 1.29 is 4.79 Å². The van der Waals surface area contributed by atoms with Crippen molar-refractivity contribution in [3.05, 3.63) is 35.9 Å². The molecule has 3 heteroatoms. The van der Waals surface area contributed by atoms with E-state index in [2.05, 4.69) is 31.2 Å². The van der Waals surface area contributed by atoms with Crippen LogP contribution in [0.5, 0.6) is 0 Å². The summed E-state index contributed by atoms with van der Waals surface area (Å²) < 4.78 is 0. The molecule has 1 aromatic rings. The molecule has 1 heterocycles. The van der Waals surface area contributed by atoms with Crippen LogP contribution in [0.1, 0.15) is 45.6 Å². The van der Waals surface area contributed by atoms with Crippen molar-refractivity contribution in [1.29, 1.82) is 0 Å². The largest absolute Gasteiger partial charge is 0.338 e. The van der Waals surface area contributed by atoms with Crippen LogP contribution in [0.4, 0.5) is 0 Å². The quantitative estimate of drug-likeness (QED) is 0.901. The smallest absolute Gasteiger partial charge is 0.240 e. The normalized spacial score (nSPS) is 24.8. The Labute approximate surface area is 122 Å². The minimum atomic E-state index is -0.431. The molecule has 3 atom stereocenters. The highest BCUT2D eigenvalue weighted by Gasteiger charge is 2.39. The summed E-state index contributed by atoms with van der Waals surface area (Å²) in [4.78, 5) is 14.5. The van der Waals surface area contributed by atoms with E-state index < -0.39 is 6.04 Å². The minimum Gasteiger partial charge on any atom is -0.338 e. The van der Waals surface area contributed by atoms with Crippen molar-refractivity contribution in [2.24, 2.45) is 11.1 Å². The van der Waals surface area contributed by atoms with Crippen molar-refractivity contribution in [2.45, 2.75) is 52.1 Å². The average molecular weight is 274 g/mol. The number of benzene rings is 1. The minimum absolute atomic E-state index is 0.0865. The standard InChI is InChI=1S/C17H26N2O/c1-12-14(13-8-6-5-7-9-13)10-11-19(12)16(20)15(18)17(2,3)4/h5-9,12,14-15H,10-11,18H2,1-4H3/t12?,14?,15-/m1/s1. The number of hydrogen-bond acceptors (Lipinski definition) is 2. The molecular weight excluding hydrogens is 248 g/mol. The van der Waals surface area contributed by atoms with E-state index in [4.69, 9.17) is 5.73 Å². The van der Waals surface area contributed by atoms with Gasteiger partial charge in [-0.05, 0) is 24.3 Å². The number of amides is 1. The van der Waals surface area contributed by atoms with Gasteiger partial charge in [-0.15, -0.1) is 0 Å². The Morgan fingerprint density at radius 2 is 1.90 bits per heavy atom. The van der Waals surface area contributed by atoms with Gasteiger partial charge in [-0.2, -0.15) is 0 Å². The first-order valence-electron chi connectivity index (χ1n) is 7.43. The first-order valence-corrected chi connectivity index (χ1v) is 7.43. The molecule has 3 nitrogen and oxygen atoms in total. The number of nitrogens with two attached hydrogens (primary N) is 1. The van der Waals surface area contributed by atoms with Crippen LogP contribution < -0.4 is 5.73 Å². The van der Waals surface area contributed by atoms with Crippen LogP contribution in [0.3, 0.4) is 0 Å². The van der Waals surface area contributed by atoms with Gasteiger partial charge >= 0.3 is 0 Å². The van der Waals surface area contributed by atoms with Crippen molar-refractivity contribution >= 4 is 5.91 Å². The highest BCUT2D eigenvalue weighted by atomic mass is 16.2. The van der Waals surface area contributed by atoms with Crippen molar-refractivity contribution in [2.75, 3.05) is 6.54 Å². The fourth-order valence-corrected chi connectivity index (χ4v) is 2.95. The summed E-state index contributed by atoms with van der Waals surface area (Å²) in [6, 6.07) is 10.2. The Kier molecular flexibility index (Phi) is 4.19. The molecule has 0 bridgehead atoms. The van der Waals surface area contributed by atoms with Crippen LogP contribution in [-0.2, 0) is 4.79 Å². The van der Waals surface area contributed by atoms with E-state index >= 15 is 0 Å². The molecule has 1 aliphatic rings. The molecule has 0 radical (unpaired) electrons. The van der Waals surface area contributed by atoms with Crippen LogP contribution in [0.25, 0.3) is 0 Å². The SMILES string of the molecule is CC1C(c2ccccc2)CCN1C(=O)[C@@H](N)C(C)(C)C. The number of carbonyl (C=O) groups is 1. The topological polar surface area (TPSA) is 46.3 Å². The molecule has 1 aliphatic heterocycles. The van der Waals surface area contributed by atoms with E-state index in [9.17, 15) is 4.79 Å². The predicted octanol–water partition coefficient (Wildman–Crippen LogP) is 2.76. The first-order chi connectivity index (χ1) is 9.32. The van der Waals surface area contributed by atoms with E-state index in [1.165, 1.54) is 5.56 Å². The highest BCUT2D eigenvalue weighted by Crippen LogP contribution is 2.34. The van der Waals surface area contributed by atoms with Gasteiger partial charge in [0.05, 0.1) is 6.04 Å². The summed E-state index contributed by atoms with van der Waals surface area (Å²) in [5.74, 6) is 0.510. The maximum absolute atomic E-state index is 12.6. The lowest BCUT2D eigenvalue weighted by atomic mass is 9.86. The summed E-state index contributed by atoms with van der Waals surface area (Å²) in [6.07, 6.45) is 1.02. The van der Waals surface area contributed by atoms with Gasteiger partial charge in [0.15, 0.2) is 0 Å². The van der Waals surface area contributed by atoms with Gasteiger partial charge in [0.2, 0.25) is 5.91 Å². The number of rotatable bonds is 2. The monoisotopic (exact) mass is 274 g/mol. The number of hydrogen-bond donors (Lipinski definition) is 1. The van der Waals surface area contributed by atoms with E-state index in [0.29, 0.717) is 5.92 Å². The summed E-state index contributed by atoms with van der Waals surface area (Å²) in [6.45, 7) is 9.00. The second kappa shape index (κ2) is 5.57. The number of carbonyl (C=O) groups excluding carboxylic acids is 1. The zero-order chi connectivity index (χ0) is 14.9.